The van der Waals surface area contributed by atoms with Crippen LogP contribution in [0.15, 0.2) is 0 Å². The zero-order valence-corrected chi connectivity index (χ0v) is 10.7. The fourth-order valence-corrected chi connectivity index (χ4v) is 2.72. The van der Waals surface area contributed by atoms with E-state index >= 15 is 0 Å². The summed E-state index contributed by atoms with van der Waals surface area (Å²) in [6.07, 6.45) is 0. The van der Waals surface area contributed by atoms with Gasteiger partial charge in [0, 0.05) is 0 Å². The quantitative estimate of drug-likeness (QED) is 0.734. The predicted octanol–water partition coefficient (Wildman–Crippen LogP) is 0.951. The Morgan fingerprint density at radius 1 is 1.67 bits per heavy atom. The van der Waals surface area contributed by atoms with E-state index in [2.05, 4.69) is 11.9 Å². The molecule has 0 aliphatic carbocycles. The predicted molar refractivity (Wildman–Crippen MR) is 25.8 cm³/mol. The fraction of sp³-hybridized carbons (Fsp3) is 1.00. The van der Waals surface area contributed by atoms with Crippen molar-refractivity contribution in [2.45, 2.75) is 3.93 Å². The number of hydrogen-bond donors (Lipinski definition) is 2. The molecule has 0 aliphatic heterocycles. The molecule has 6 heavy (non-hydrogen) atoms. The average Bonchev–Trinajstić information content (AvgIpc) is 1.41. The number of aliphatic hydroxyl groups is 1. The third-order valence-electron chi connectivity index (χ3n) is 0.292. The van der Waals surface area contributed by atoms with Gasteiger partial charge in [-0.25, -0.2) is 0 Å². The number of halogens is 1. The molecule has 0 spiro atoms. The fourth-order valence-electron chi connectivity index (χ4n) is 0.0598. The summed E-state index contributed by atoms with van der Waals surface area (Å²) in [7, 11) is 0. The Kier molecular flexibility index (Phi) is 16.5. The summed E-state index contributed by atoms with van der Waals surface area (Å²) >= 11 is 2.79. The Morgan fingerprint density at radius 2 is 2.17 bits per heavy atom. The van der Waals surface area contributed by atoms with Crippen LogP contribution in [0.4, 0.5) is 0 Å². The van der Waals surface area contributed by atoms with Crippen LogP contribution >= 0.6 is 11.9 Å². The van der Waals surface area contributed by atoms with Crippen LogP contribution in [-0.2, 0) is 22.1 Å². The molecule has 0 amide bonds. The van der Waals surface area contributed by atoms with E-state index in [9.17, 15) is 0 Å². The zero-order valence-electron chi connectivity index (χ0n) is 3.65. The second-order valence-electron chi connectivity index (χ2n) is 0.766. The van der Waals surface area contributed by atoms with Gasteiger partial charge in [-0.05, 0) is 0 Å². The molecule has 0 unspecified atom stereocenters. The molecule has 0 saturated heterocycles. The topological polar surface area (TPSA) is 55.2 Å². The minimum atomic E-state index is -0.581. The third-order valence-corrected chi connectivity index (χ3v) is 7.48. The molecule has 36 valence electrons. The third kappa shape index (κ3) is 9.01. The van der Waals surface area contributed by atoms with E-state index in [0.29, 0.717) is 6.61 Å². The van der Waals surface area contributed by atoms with Gasteiger partial charge in [0.25, 0.3) is 0 Å². The Labute approximate surface area is 55.6 Å². The molecule has 0 fully saturated rings. The van der Waals surface area contributed by atoms with Crippen molar-refractivity contribution < 1.29 is 27.3 Å². The maximum absolute atomic E-state index is 8.09. The number of rotatable bonds is 2. The van der Waals surface area contributed by atoms with Gasteiger partial charge in [0.2, 0.25) is 0 Å². The van der Waals surface area contributed by atoms with Crippen molar-refractivity contribution in [1.82, 2.24) is 6.15 Å². The van der Waals surface area contributed by atoms with Gasteiger partial charge >= 0.3 is 49.7 Å². The molecular formula is C2H8BrHgNO. The molecule has 0 aromatic heterocycles. The van der Waals surface area contributed by atoms with Crippen molar-refractivity contribution in [3.05, 3.63) is 0 Å². The summed E-state index contributed by atoms with van der Waals surface area (Å²) in [4.78, 5) is 0. The monoisotopic (exact) mass is 343 g/mol. The molecule has 0 heterocycles. The van der Waals surface area contributed by atoms with Gasteiger partial charge in [-0.2, -0.15) is 0 Å². The van der Waals surface area contributed by atoms with Crippen molar-refractivity contribution >= 4 is 11.9 Å². The van der Waals surface area contributed by atoms with Crippen molar-refractivity contribution in [2.75, 3.05) is 6.61 Å². The summed E-state index contributed by atoms with van der Waals surface area (Å²) in [5, 5.41) is 8.09. The van der Waals surface area contributed by atoms with E-state index in [0.717, 1.165) is 3.93 Å². The van der Waals surface area contributed by atoms with Crippen LogP contribution < -0.4 is 6.15 Å². The zero-order chi connectivity index (χ0) is 4.12. The van der Waals surface area contributed by atoms with Crippen LogP contribution in [0, 0.1) is 0 Å². The molecular weight excluding hydrogens is 335 g/mol. The molecule has 0 aromatic rings. The van der Waals surface area contributed by atoms with E-state index in [1.165, 1.54) is 0 Å². The van der Waals surface area contributed by atoms with E-state index in [4.69, 9.17) is 5.11 Å². The Morgan fingerprint density at radius 3 is 2.17 bits per heavy atom. The molecule has 4 heteroatoms. The second-order valence-corrected chi connectivity index (χ2v) is 11.9. The first-order valence-corrected chi connectivity index (χ1v) is 17.4. The summed E-state index contributed by atoms with van der Waals surface area (Å²) in [5.41, 5.74) is 0. The first kappa shape index (κ1) is 10.3. The maximum atomic E-state index is 8.09. The Bertz CT molecular complexity index is 21.0. The first-order chi connectivity index (χ1) is 2.41. The molecule has 0 rings (SSSR count). The summed E-state index contributed by atoms with van der Waals surface area (Å²) in [6, 6.07) is 0. The average molecular weight is 343 g/mol. The molecule has 0 aromatic carbocycles. The summed E-state index contributed by atoms with van der Waals surface area (Å²) in [6.45, 7) is 0.396. The van der Waals surface area contributed by atoms with Crippen LogP contribution in [-0.4, -0.2) is 11.7 Å². The van der Waals surface area contributed by atoms with Crippen LogP contribution in [0.3, 0.4) is 0 Å². The number of hydrogen-bond acceptors (Lipinski definition) is 2. The van der Waals surface area contributed by atoms with Crippen molar-refractivity contribution in [2.24, 2.45) is 0 Å². The van der Waals surface area contributed by atoms with E-state index in [-0.39, 0.29) is 6.15 Å². The molecule has 0 atom stereocenters. The number of aliphatic hydroxyl groups excluding tert-OH is 1. The van der Waals surface area contributed by atoms with Crippen LogP contribution in [0.25, 0.3) is 0 Å². The summed E-state index contributed by atoms with van der Waals surface area (Å²) < 4.78 is 1.08. The van der Waals surface area contributed by atoms with Crippen LogP contribution in [0.1, 0.15) is 0 Å². The Balaban J connectivity index is 0. The van der Waals surface area contributed by atoms with Crippen molar-refractivity contribution in [3.8, 4) is 0 Å². The van der Waals surface area contributed by atoms with Gasteiger partial charge in [0.1, 0.15) is 0 Å². The van der Waals surface area contributed by atoms with Gasteiger partial charge < -0.3 is 6.15 Å². The van der Waals surface area contributed by atoms with E-state index in [1.54, 1.807) is 0 Å². The molecule has 0 aliphatic rings. The first-order valence-electron chi connectivity index (χ1n) is 1.58. The standard InChI is InChI=1S/C2H5O.BrH.Hg.H3N/c1-2-3;;;/h3H,1-2H2;1H;;1H3/q;;+1;/p-1. The molecule has 0 radical (unpaired) electrons. The van der Waals surface area contributed by atoms with Crippen LogP contribution in [0.5, 0.6) is 0 Å². The minimum absolute atomic E-state index is 0. The molecule has 0 bridgehead atoms. The van der Waals surface area contributed by atoms with E-state index in [1.807, 2.05) is 0 Å². The second kappa shape index (κ2) is 9.59. The molecule has 2 nitrogen and oxygen atoms in total. The van der Waals surface area contributed by atoms with Gasteiger partial charge in [-0.3, -0.25) is 0 Å². The van der Waals surface area contributed by atoms with Crippen LogP contribution in [0.2, 0.25) is 3.93 Å². The Hall–Kier alpha value is 1.34. The molecule has 4 N–H and O–H groups in total. The summed E-state index contributed by atoms with van der Waals surface area (Å²) in [5.74, 6) is 0. The van der Waals surface area contributed by atoms with E-state index < -0.39 is 22.1 Å². The van der Waals surface area contributed by atoms with Gasteiger partial charge in [-0.15, -0.1) is 0 Å². The van der Waals surface area contributed by atoms with Gasteiger partial charge in [0.15, 0.2) is 0 Å². The van der Waals surface area contributed by atoms with Crippen molar-refractivity contribution in [3.63, 3.8) is 0 Å². The normalized spacial score (nSPS) is 5.67. The SMILES string of the molecule is N.OC[CH2][Hg][Br]. The molecule has 0 saturated carbocycles. The van der Waals surface area contributed by atoms with Crippen molar-refractivity contribution in [1.29, 1.82) is 0 Å². The van der Waals surface area contributed by atoms with Gasteiger partial charge in [0.05, 0.1) is 0 Å². The van der Waals surface area contributed by atoms with Gasteiger partial charge in [-0.1, -0.05) is 0 Å².